The summed E-state index contributed by atoms with van der Waals surface area (Å²) < 4.78 is 5.12. The van der Waals surface area contributed by atoms with E-state index in [2.05, 4.69) is 19.2 Å². The van der Waals surface area contributed by atoms with Gasteiger partial charge in [0.25, 0.3) is 0 Å². The lowest BCUT2D eigenvalue weighted by molar-refractivity contribution is 0.157. The van der Waals surface area contributed by atoms with E-state index in [1.807, 2.05) is 0 Å². The highest BCUT2D eigenvalue weighted by atomic mass is 16.5. The van der Waals surface area contributed by atoms with Gasteiger partial charge in [-0.1, -0.05) is 20.3 Å². The molecule has 0 aliphatic heterocycles. The Balaban J connectivity index is 2.07. The van der Waals surface area contributed by atoms with Crippen LogP contribution in [-0.4, -0.2) is 26.3 Å². The molecule has 1 N–H and O–H groups in total. The van der Waals surface area contributed by atoms with Gasteiger partial charge in [-0.05, 0) is 31.1 Å². The molecule has 1 aliphatic rings. The second kappa shape index (κ2) is 6.41. The maximum absolute atomic E-state index is 5.12. The van der Waals surface area contributed by atoms with Crippen LogP contribution in [0.15, 0.2) is 0 Å². The van der Waals surface area contributed by atoms with E-state index in [1.54, 1.807) is 7.11 Å². The standard InChI is InChI=1S/C12H25NO/c1-4-11-5-6-12(7-11)13-8-10(2)9-14-3/h10-13H,4-9H2,1-3H3. The van der Waals surface area contributed by atoms with Gasteiger partial charge in [0.2, 0.25) is 0 Å². The molecular weight excluding hydrogens is 174 g/mol. The van der Waals surface area contributed by atoms with Crippen molar-refractivity contribution < 1.29 is 4.74 Å². The molecule has 0 radical (unpaired) electrons. The molecule has 0 bridgehead atoms. The molecule has 0 saturated heterocycles. The topological polar surface area (TPSA) is 21.3 Å². The van der Waals surface area contributed by atoms with Crippen LogP contribution >= 0.6 is 0 Å². The molecule has 1 rings (SSSR count). The van der Waals surface area contributed by atoms with E-state index >= 15 is 0 Å². The molecule has 84 valence electrons. The molecule has 2 heteroatoms. The summed E-state index contributed by atoms with van der Waals surface area (Å²) >= 11 is 0. The average molecular weight is 199 g/mol. The summed E-state index contributed by atoms with van der Waals surface area (Å²) in [5, 5.41) is 3.65. The molecule has 0 amide bonds. The predicted molar refractivity (Wildman–Crippen MR) is 60.5 cm³/mol. The van der Waals surface area contributed by atoms with Crippen molar-refractivity contribution in [2.75, 3.05) is 20.3 Å². The van der Waals surface area contributed by atoms with Gasteiger partial charge < -0.3 is 10.1 Å². The molecule has 0 aromatic rings. The highest BCUT2D eigenvalue weighted by molar-refractivity contribution is 4.80. The van der Waals surface area contributed by atoms with Gasteiger partial charge in [0.05, 0.1) is 0 Å². The quantitative estimate of drug-likeness (QED) is 0.709. The molecule has 0 heterocycles. The molecule has 2 nitrogen and oxygen atoms in total. The molecule has 0 aromatic heterocycles. The fourth-order valence-corrected chi connectivity index (χ4v) is 2.34. The minimum atomic E-state index is 0.640. The van der Waals surface area contributed by atoms with Gasteiger partial charge in [0.15, 0.2) is 0 Å². The van der Waals surface area contributed by atoms with Gasteiger partial charge in [-0.3, -0.25) is 0 Å². The van der Waals surface area contributed by atoms with Gasteiger partial charge in [0.1, 0.15) is 0 Å². The SMILES string of the molecule is CCC1CCC(NCC(C)COC)C1. The third kappa shape index (κ3) is 3.97. The van der Waals surface area contributed by atoms with Gasteiger partial charge in [0, 0.05) is 26.3 Å². The van der Waals surface area contributed by atoms with E-state index < -0.39 is 0 Å². The number of hydrogen-bond donors (Lipinski definition) is 1. The van der Waals surface area contributed by atoms with E-state index in [0.717, 1.165) is 25.1 Å². The zero-order valence-electron chi connectivity index (χ0n) is 9.88. The van der Waals surface area contributed by atoms with Crippen molar-refractivity contribution in [3.05, 3.63) is 0 Å². The van der Waals surface area contributed by atoms with Crippen molar-refractivity contribution in [1.82, 2.24) is 5.32 Å². The fourth-order valence-electron chi connectivity index (χ4n) is 2.34. The van der Waals surface area contributed by atoms with Crippen LogP contribution in [0.4, 0.5) is 0 Å². The summed E-state index contributed by atoms with van der Waals surface area (Å²) in [6, 6.07) is 0.777. The fraction of sp³-hybridized carbons (Fsp3) is 1.00. The molecule has 1 aliphatic carbocycles. The number of hydrogen-bond acceptors (Lipinski definition) is 2. The highest BCUT2D eigenvalue weighted by Gasteiger charge is 2.22. The lowest BCUT2D eigenvalue weighted by Crippen LogP contribution is -2.32. The molecule has 3 atom stereocenters. The van der Waals surface area contributed by atoms with Crippen LogP contribution in [-0.2, 0) is 4.74 Å². The largest absolute Gasteiger partial charge is 0.384 e. The van der Waals surface area contributed by atoms with Crippen molar-refractivity contribution >= 4 is 0 Å². The van der Waals surface area contributed by atoms with Crippen molar-refractivity contribution in [3.8, 4) is 0 Å². The average Bonchev–Trinajstić information content (AvgIpc) is 2.63. The molecule has 14 heavy (non-hydrogen) atoms. The molecule has 3 unspecified atom stereocenters. The maximum Gasteiger partial charge on any atom is 0.0499 e. The van der Waals surface area contributed by atoms with Crippen molar-refractivity contribution in [3.63, 3.8) is 0 Å². The Labute approximate surface area is 88.4 Å². The second-order valence-electron chi connectivity index (χ2n) is 4.75. The Morgan fingerprint density at radius 2 is 2.21 bits per heavy atom. The lowest BCUT2D eigenvalue weighted by atomic mass is 10.1. The second-order valence-corrected chi connectivity index (χ2v) is 4.75. The summed E-state index contributed by atoms with van der Waals surface area (Å²) in [5.41, 5.74) is 0. The Morgan fingerprint density at radius 3 is 2.79 bits per heavy atom. The van der Waals surface area contributed by atoms with Crippen molar-refractivity contribution in [2.24, 2.45) is 11.8 Å². The van der Waals surface area contributed by atoms with Crippen LogP contribution in [0.1, 0.15) is 39.5 Å². The monoisotopic (exact) mass is 199 g/mol. The minimum Gasteiger partial charge on any atom is -0.384 e. The number of ether oxygens (including phenoxy) is 1. The Hall–Kier alpha value is -0.0800. The summed E-state index contributed by atoms with van der Waals surface area (Å²) in [6.07, 6.45) is 5.53. The molecule has 0 spiro atoms. The minimum absolute atomic E-state index is 0.640. The Morgan fingerprint density at radius 1 is 1.43 bits per heavy atom. The van der Waals surface area contributed by atoms with Crippen LogP contribution in [0.25, 0.3) is 0 Å². The van der Waals surface area contributed by atoms with Crippen molar-refractivity contribution in [2.45, 2.75) is 45.6 Å². The highest BCUT2D eigenvalue weighted by Crippen LogP contribution is 2.27. The first-order valence-electron chi connectivity index (χ1n) is 5.98. The van der Waals surface area contributed by atoms with Crippen LogP contribution < -0.4 is 5.32 Å². The number of nitrogens with one attached hydrogen (secondary N) is 1. The van der Waals surface area contributed by atoms with Crippen LogP contribution in [0, 0.1) is 11.8 Å². The predicted octanol–water partition coefficient (Wildman–Crippen LogP) is 2.44. The molecular formula is C12H25NO. The lowest BCUT2D eigenvalue weighted by Gasteiger charge is -2.16. The third-order valence-corrected chi connectivity index (χ3v) is 3.32. The Kier molecular flexibility index (Phi) is 5.49. The first-order valence-corrected chi connectivity index (χ1v) is 5.98. The van der Waals surface area contributed by atoms with Crippen LogP contribution in [0.2, 0.25) is 0 Å². The molecule has 0 aromatic carbocycles. The summed E-state index contributed by atoms with van der Waals surface area (Å²) in [5.74, 6) is 1.62. The zero-order chi connectivity index (χ0) is 10.4. The third-order valence-electron chi connectivity index (χ3n) is 3.32. The summed E-state index contributed by atoms with van der Waals surface area (Å²) in [7, 11) is 1.78. The van der Waals surface area contributed by atoms with Gasteiger partial charge in [-0.25, -0.2) is 0 Å². The Bertz CT molecular complexity index is 149. The van der Waals surface area contributed by atoms with Gasteiger partial charge in [-0.15, -0.1) is 0 Å². The van der Waals surface area contributed by atoms with E-state index in [0.29, 0.717) is 5.92 Å². The number of methoxy groups -OCH3 is 1. The van der Waals surface area contributed by atoms with Crippen LogP contribution in [0.5, 0.6) is 0 Å². The van der Waals surface area contributed by atoms with E-state index in [9.17, 15) is 0 Å². The zero-order valence-corrected chi connectivity index (χ0v) is 9.88. The van der Waals surface area contributed by atoms with Gasteiger partial charge >= 0.3 is 0 Å². The summed E-state index contributed by atoms with van der Waals surface area (Å²) in [6.45, 7) is 6.52. The van der Waals surface area contributed by atoms with E-state index in [-0.39, 0.29) is 0 Å². The van der Waals surface area contributed by atoms with E-state index in [4.69, 9.17) is 4.74 Å². The van der Waals surface area contributed by atoms with Crippen LogP contribution in [0.3, 0.4) is 0 Å². The maximum atomic E-state index is 5.12. The normalized spacial score (nSPS) is 29.4. The first kappa shape index (κ1) is 12.0. The number of rotatable bonds is 6. The van der Waals surface area contributed by atoms with Crippen molar-refractivity contribution in [1.29, 1.82) is 0 Å². The first-order chi connectivity index (χ1) is 6.76. The molecule has 1 saturated carbocycles. The smallest absolute Gasteiger partial charge is 0.0499 e. The van der Waals surface area contributed by atoms with Gasteiger partial charge in [-0.2, -0.15) is 0 Å². The van der Waals surface area contributed by atoms with E-state index in [1.165, 1.54) is 25.7 Å². The molecule has 1 fully saturated rings. The summed E-state index contributed by atoms with van der Waals surface area (Å²) in [4.78, 5) is 0.